The van der Waals surface area contributed by atoms with Crippen LogP contribution in [0, 0.1) is 0 Å². The van der Waals surface area contributed by atoms with Gasteiger partial charge in [0.25, 0.3) is 0 Å². The summed E-state index contributed by atoms with van der Waals surface area (Å²) in [6.07, 6.45) is 0. The number of hydrogen-bond acceptors (Lipinski definition) is 5. The Balaban J connectivity index is 1.05. The molecule has 10 rings (SSSR count). The van der Waals surface area contributed by atoms with Gasteiger partial charge in [-0.3, -0.25) is 0 Å². The first-order valence-electron chi connectivity index (χ1n) is 15.9. The van der Waals surface area contributed by atoms with Crippen LogP contribution in [0.25, 0.3) is 87.4 Å². The lowest BCUT2D eigenvalue weighted by Crippen LogP contribution is -2.00. The predicted octanol–water partition coefficient (Wildman–Crippen LogP) is 11.8. The van der Waals surface area contributed by atoms with Crippen molar-refractivity contribution in [1.82, 2.24) is 15.0 Å². The van der Waals surface area contributed by atoms with Crippen molar-refractivity contribution >= 4 is 42.3 Å². The van der Waals surface area contributed by atoms with E-state index in [4.69, 9.17) is 19.7 Å². The molecule has 4 nitrogen and oxygen atoms in total. The van der Waals surface area contributed by atoms with Crippen molar-refractivity contribution in [3.63, 3.8) is 0 Å². The summed E-state index contributed by atoms with van der Waals surface area (Å²) >= 11 is 1.80. The van der Waals surface area contributed by atoms with Crippen LogP contribution in [-0.4, -0.2) is 15.0 Å². The quantitative estimate of drug-likeness (QED) is 0.194. The Morgan fingerprint density at radius 3 is 1.88 bits per heavy atom. The number of benzene rings is 7. The van der Waals surface area contributed by atoms with Crippen molar-refractivity contribution in [1.29, 1.82) is 0 Å². The van der Waals surface area contributed by atoms with Crippen LogP contribution in [0.4, 0.5) is 0 Å². The van der Waals surface area contributed by atoms with Gasteiger partial charge in [-0.1, -0.05) is 121 Å². The first-order valence-corrected chi connectivity index (χ1v) is 16.7. The molecule has 0 saturated carbocycles. The summed E-state index contributed by atoms with van der Waals surface area (Å²) in [6, 6.07) is 52.8. The van der Waals surface area contributed by atoms with Gasteiger partial charge in [-0.2, -0.15) is 0 Å². The lowest BCUT2D eigenvalue weighted by molar-refractivity contribution is 0.487. The molecule has 3 heterocycles. The molecule has 0 aliphatic carbocycles. The van der Waals surface area contributed by atoms with Crippen LogP contribution in [-0.2, 0) is 0 Å². The summed E-state index contributed by atoms with van der Waals surface area (Å²) in [4.78, 5) is 15.0. The van der Waals surface area contributed by atoms with E-state index in [2.05, 4.69) is 109 Å². The number of hydrogen-bond donors (Lipinski definition) is 0. The van der Waals surface area contributed by atoms with Gasteiger partial charge in [-0.15, -0.1) is 11.3 Å². The van der Waals surface area contributed by atoms with Crippen molar-refractivity contribution in [3.8, 4) is 67.9 Å². The van der Waals surface area contributed by atoms with Gasteiger partial charge in [0.15, 0.2) is 17.5 Å². The molecule has 0 amide bonds. The van der Waals surface area contributed by atoms with Gasteiger partial charge in [0.1, 0.15) is 11.5 Å². The van der Waals surface area contributed by atoms with Crippen LogP contribution < -0.4 is 4.74 Å². The molecule has 0 saturated heterocycles. The number of aromatic nitrogens is 3. The first kappa shape index (κ1) is 27.0. The maximum absolute atomic E-state index is 6.33. The van der Waals surface area contributed by atoms with Gasteiger partial charge in [0.2, 0.25) is 0 Å². The van der Waals surface area contributed by atoms with Gasteiger partial charge < -0.3 is 4.74 Å². The van der Waals surface area contributed by atoms with E-state index in [1.165, 1.54) is 31.1 Å². The molecule has 0 fully saturated rings. The predicted molar refractivity (Wildman–Crippen MR) is 197 cm³/mol. The molecule has 48 heavy (non-hydrogen) atoms. The SMILES string of the molecule is c1ccc(-c2nc(-c3ccc(-c4ccc5c(c4)-c4cccc6cccc(c46)O5)cc3)nc(-c3ccc4c(c3)sc3ccccc34)n2)cc1. The molecule has 0 N–H and O–H groups in total. The molecule has 0 radical (unpaired) electrons. The highest BCUT2D eigenvalue weighted by Crippen LogP contribution is 2.47. The van der Waals surface area contributed by atoms with Crippen LogP contribution >= 0.6 is 11.3 Å². The zero-order chi connectivity index (χ0) is 31.6. The Labute approximate surface area is 280 Å². The maximum atomic E-state index is 6.33. The fraction of sp³-hybridized carbons (Fsp3) is 0. The fourth-order valence-corrected chi connectivity index (χ4v) is 7.92. The Morgan fingerprint density at radius 1 is 0.396 bits per heavy atom. The minimum absolute atomic E-state index is 0.643. The summed E-state index contributed by atoms with van der Waals surface area (Å²) < 4.78 is 8.83. The van der Waals surface area contributed by atoms with Gasteiger partial charge in [-0.05, 0) is 52.4 Å². The standard InChI is InChI=1S/C43H25N3OS/c1-2-8-28(9-3-1)41-44-42(46-43(45-41)31-20-22-33-32-12-4-5-15-38(32)48-39(33)25-31)29-18-16-26(17-19-29)30-21-23-36-35(24-30)34-13-6-10-27-11-7-14-37(47-36)40(27)34/h1-25H. The molecule has 1 aliphatic heterocycles. The third-order valence-corrected chi connectivity index (χ3v) is 10.3. The smallest absolute Gasteiger partial charge is 0.164 e. The van der Waals surface area contributed by atoms with Gasteiger partial charge in [0, 0.05) is 47.8 Å². The summed E-state index contributed by atoms with van der Waals surface area (Å²) in [5.74, 6) is 3.74. The van der Waals surface area contributed by atoms with Crippen LogP contribution in [0.3, 0.4) is 0 Å². The van der Waals surface area contributed by atoms with E-state index in [-0.39, 0.29) is 0 Å². The number of ether oxygens (including phenoxy) is 1. The molecule has 9 aromatic rings. The highest BCUT2D eigenvalue weighted by Gasteiger charge is 2.20. The monoisotopic (exact) mass is 631 g/mol. The van der Waals surface area contributed by atoms with E-state index in [1.54, 1.807) is 11.3 Å². The third-order valence-electron chi connectivity index (χ3n) is 9.14. The van der Waals surface area contributed by atoms with Crippen LogP contribution in [0.1, 0.15) is 0 Å². The molecular formula is C43H25N3OS. The molecular weight excluding hydrogens is 607 g/mol. The van der Waals surface area contributed by atoms with E-state index >= 15 is 0 Å². The highest BCUT2D eigenvalue weighted by atomic mass is 32.1. The van der Waals surface area contributed by atoms with Gasteiger partial charge in [-0.25, -0.2) is 15.0 Å². The third kappa shape index (κ3) is 4.40. The Bertz CT molecular complexity index is 2690. The second-order valence-electron chi connectivity index (χ2n) is 12.0. The van der Waals surface area contributed by atoms with E-state index < -0.39 is 0 Å². The lowest BCUT2D eigenvalue weighted by Gasteiger charge is -2.22. The van der Waals surface area contributed by atoms with E-state index in [0.29, 0.717) is 17.5 Å². The summed E-state index contributed by atoms with van der Waals surface area (Å²) in [5, 5.41) is 4.87. The number of rotatable bonds is 4. The number of thiophene rings is 1. The molecule has 0 spiro atoms. The molecule has 1 aliphatic rings. The van der Waals surface area contributed by atoms with Crippen LogP contribution in [0.2, 0.25) is 0 Å². The molecule has 2 aromatic heterocycles. The first-order chi connectivity index (χ1) is 23.7. The number of fused-ring (bicyclic) bond motifs is 5. The van der Waals surface area contributed by atoms with E-state index in [1.807, 2.05) is 42.5 Å². The van der Waals surface area contributed by atoms with Crippen molar-refractivity contribution < 1.29 is 4.74 Å². The normalized spacial score (nSPS) is 11.9. The van der Waals surface area contributed by atoms with Crippen LogP contribution in [0.15, 0.2) is 152 Å². The molecule has 7 aromatic carbocycles. The molecule has 0 unspecified atom stereocenters. The zero-order valence-electron chi connectivity index (χ0n) is 25.6. The van der Waals surface area contributed by atoms with Crippen molar-refractivity contribution in [2.75, 3.05) is 0 Å². The largest absolute Gasteiger partial charge is 0.456 e. The zero-order valence-corrected chi connectivity index (χ0v) is 26.4. The summed E-state index contributed by atoms with van der Waals surface area (Å²) in [5.41, 5.74) is 7.39. The average Bonchev–Trinajstić information content (AvgIpc) is 3.53. The van der Waals surface area contributed by atoms with E-state index in [9.17, 15) is 0 Å². The Morgan fingerprint density at radius 2 is 1.04 bits per heavy atom. The molecule has 5 heteroatoms. The summed E-state index contributed by atoms with van der Waals surface area (Å²) in [7, 11) is 0. The Kier molecular flexibility index (Phi) is 6.01. The molecule has 0 atom stereocenters. The van der Waals surface area contributed by atoms with Crippen molar-refractivity contribution in [3.05, 3.63) is 152 Å². The van der Waals surface area contributed by atoms with E-state index in [0.717, 1.165) is 50.3 Å². The minimum Gasteiger partial charge on any atom is -0.456 e. The van der Waals surface area contributed by atoms with Gasteiger partial charge in [0.05, 0.1) is 0 Å². The second kappa shape index (κ2) is 10.7. The van der Waals surface area contributed by atoms with Gasteiger partial charge >= 0.3 is 0 Å². The Hall–Kier alpha value is -6.17. The summed E-state index contributed by atoms with van der Waals surface area (Å²) in [6.45, 7) is 0. The average molecular weight is 632 g/mol. The topological polar surface area (TPSA) is 47.9 Å². The second-order valence-corrected chi connectivity index (χ2v) is 13.1. The van der Waals surface area contributed by atoms with Crippen molar-refractivity contribution in [2.24, 2.45) is 0 Å². The lowest BCUT2D eigenvalue weighted by atomic mass is 9.92. The maximum Gasteiger partial charge on any atom is 0.164 e. The van der Waals surface area contributed by atoms with Crippen molar-refractivity contribution in [2.45, 2.75) is 0 Å². The minimum atomic E-state index is 0.643. The molecule has 0 bridgehead atoms. The highest BCUT2D eigenvalue weighted by molar-refractivity contribution is 7.25. The number of nitrogens with zero attached hydrogens (tertiary/aromatic N) is 3. The fourth-order valence-electron chi connectivity index (χ4n) is 6.77. The van der Waals surface area contributed by atoms with Crippen LogP contribution in [0.5, 0.6) is 11.5 Å². The molecule has 224 valence electrons.